The summed E-state index contributed by atoms with van der Waals surface area (Å²) >= 11 is 0. The summed E-state index contributed by atoms with van der Waals surface area (Å²) < 4.78 is 24.4. The maximum absolute atomic E-state index is 13.7. The lowest BCUT2D eigenvalue weighted by Crippen LogP contribution is -2.20. The van der Waals surface area contributed by atoms with E-state index in [4.69, 9.17) is 9.47 Å². The number of halogens is 1. The van der Waals surface area contributed by atoms with Crippen LogP contribution >= 0.6 is 0 Å². The van der Waals surface area contributed by atoms with Crippen molar-refractivity contribution in [1.29, 1.82) is 0 Å². The quantitative estimate of drug-likeness (QED) is 0.735. The Labute approximate surface area is 115 Å². The Balaban J connectivity index is 2.88. The molecule has 0 amide bonds. The molecule has 0 aliphatic rings. The van der Waals surface area contributed by atoms with Crippen LogP contribution in [0.25, 0.3) is 0 Å². The van der Waals surface area contributed by atoms with Crippen LogP contribution in [0.4, 0.5) is 4.39 Å². The summed E-state index contributed by atoms with van der Waals surface area (Å²) in [5, 5.41) is 3.35. The smallest absolute Gasteiger partial charge is 0.126 e. The van der Waals surface area contributed by atoms with Gasteiger partial charge in [-0.15, -0.1) is 0 Å². The SMILES string of the molecule is CCCNC(C)c1cc(F)c(C)cc1OCCOC. The van der Waals surface area contributed by atoms with Crippen molar-refractivity contribution in [3.63, 3.8) is 0 Å². The molecule has 1 atom stereocenters. The average Bonchev–Trinajstić information content (AvgIpc) is 2.40. The number of methoxy groups -OCH3 is 1. The Hall–Kier alpha value is -1.13. The third kappa shape index (κ3) is 4.80. The van der Waals surface area contributed by atoms with Gasteiger partial charge in [-0.3, -0.25) is 0 Å². The standard InChI is InChI=1S/C15H24FNO2/c1-5-6-17-12(3)13-10-14(16)11(2)9-15(13)19-8-7-18-4/h9-10,12,17H,5-8H2,1-4H3. The molecular formula is C15H24FNO2. The molecule has 0 radical (unpaired) electrons. The van der Waals surface area contributed by atoms with Crippen LogP contribution in [0.5, 0.6) is 5.75 Å². The molecule has 1 N–H and O–H groups in total. The van der Waals surface area contributed by atoms with Crippen molar-refractivity contribution in [2.24, 2.45) is 0 Å². The molecule has 0 aliphatic heterocycles. The molecule has 0 spiro atoms. The minimum Gasteiger partial charge on any atom is -0.491 e. The first-order valence-corrected chi connectivity index (χ1v) is 6.75. The molecule has 1 aromatic carbocycles. The van der Waals surface area contributed by atoms with Crippen molar-refractivity contribution in [2.75, 3.05) is 26.9 Å². The summed E-state index contributed by atoms with van der Waals surface area (Å²) in [6.45, 7) is 7.75. The maximum Gasteiger partial charge on any atom is 0.126 e. The summed E-state index contributed by atoms with van der Waals surface area (Å²) in [6, 6.07) is 3.38. The Morgan fingerprint density at radius 2 is 2.05 bits per heavy atom. The van der Waals surface area contributed by atoms with Crippen molar-refractivity contribution in [1.82, 2.24) is 5.32 Å². The van der Waals surface area contributed by atoms with Crippen LogP contribution < -0.4 is 10.1 Å². The Morgan fingerprint density at radius 1 is 1.32 bits per heavy atom. The van der Waals surface area contributed by atoms with Gasteiger partial charge in [0, 0.05) is 18.7 Å². The minimum absolute atomic E-state index is 0.0626. The summed E-state index contributed by atoms with van der Waals surface area (Å²) in [5.74, 6) is 0.534. The molecule has 19 heavy (non-hydrogen) atoms. The zero-order chi connectivity index (χ0) is 14.3. The van der Waals surface area contributed by atoms with E-state index in [0.717, 1.165) is 24.3 Å². The average molecular weight is 269 g/mol. The van der Waals surface area contributed by atoms with E-state index < -0.39 is 0 Å². The molecule has 3 nitrogen and oxygen atoms in total. The van der Waals surface area contributed by atoms with Gasteiger partial charge in [-0.25, -0.2) is 4.39 Å². The van der Waals surface area contributed by atoms with Gasteiger partial charge in [-0.2, -0.15) is 0 Å². The molecule has 0 aliphatic carbocycles. The van der Waals surface area contributed by atoms with E-state index in [1.54, 1.807) is 26.2 Å². The van der Waals surface area contributed by atoms with Crippen molar-refractivity contribution in [3.05, 3.63) is 29.1 Å². The van der Waals surface area contributed by atoms with E-state index in [0.29, 0.717) is 18.8 Å². The minimum atomic E-state index is -0.195. The van der Waals surface area contributed by atoms with Gasteiger partial charge < -0.3 is 14.8 Å². The van der Waals surface area contributed by atoms with Crippen LogP contribution in [-0.2, 0) is 4.74 Å². The lowest BCUT2D eigenvalue weighted by atomic mass is 10.0. The predicted molar refractivity (Wildman–Crippen MR) is 75.2 cm³/mol. The number of hydrogen-bond donors (Lipinski definition) is 1. The molecule has 1 aromatic rings. The fourth-order valence-electron chi connectivity index (χ4n) is 1.84. The van der Waals surface area contributed by atoms with Crippen LogP contribution in [0.3, 0.4) is 0 Å². The molecule has 108 valence electrons. The van der Waals surface area contributed by atoms with E-state index in [-0.39, 0.29) is 11.9 Å². The highest BCUT2D eigenvalue weighted by atomic mass is 19.1. The zero-order valence-electron chi connectivity index (χ0n) is 12.3. The summed E-state index contributed by atoms with van der Waals surface area (Å²) in [5.41, 5.74) is 1.45. The van der Waals surface area contributed by atoms with Gasteiger partial charge >= 0.3 is 0 Å². The zero-order valence-corrected chi connectivity index (χ0v) is 12.3. The van der Waals surface area contributed by atoms with Gasteiger partial charge in [0.25, 0.3) is 0 Å². The monoisotopic (exact) mass is 269 g/mol. The van der Waals surface area contributed by atoms with Crippen LogP contribution in [0.15, 0.2) is 12.1 Å². The van der Waals surface area contributed by atoms with Crippen LogP contribution in [0.1, 0.15) is 37.4 Å². The molecule has 0 bridgehead atoms. The normalized spacial score (nSPS) is 12.5. The number of hydrogen-bond acceptors (Lipinski definition) is 3. The van der Waals surface area contributed by atoms with E-state index in [2.05, 4.69) is 12.2 Å². The molecule has 0 fully saturated rings. The number of benzene rings is 1. The van der Waals surface area contributed by atoms with Crippen molar-refractivity contribution >= 4 is 0 Å². The molecule has 4 heteroatoms. The number of ether oxygens (including phenoxy) is 2. The van der Waals surface area contributed by atoms with E-state index in [1.165, 1.54) is 0 Å². The van der Waals surface area contributed by atoms with Gasteiger partial charge in [0.15, 0.2) is 0 Å². The van der Waals surface area contributed by atoms with Crippen LogP contribution in [0, 0.1) is 12.7 Å². The van der Waals surface area contributed by atoms with Crippen LogP contribution in [0.2, 0.25) is 0 Å². The van der Waals surface area contributed by atoms with Gasteiger partial charge in [0.1, 0.15) is 18.2 Å². The summed E-state index contributed by atoms with van der Waals surface area (Å²) in [7, 11) is 1.63. The molecule has 0 saturated heterocycles. The Kier molecular flexibility index (Phi) is 6.81. The fourth-order valence-corrected chi connectivity index (χ4v) is 1.84. The first-order chi connectivity index (χ1) is 9.10. The van der Waals surface area contributed by atoms with Gasteiger partial charge in [-0.1, -0.05) is 6.92 Å². The third-order valence-electron chi connectivity index (χ3n) is 3.00. The maximum atomic E-state index is 13.7. The Morgan fingerprint density at radius 3 is 2.68 bits per heavy atom. The Bertz CT molecular complexity index is 396. The highest BCUT2D eigenvalue weighted by Crippen LogP contribution is 2.28. The second-order valence-electron chi connectivity index (χ2n) is 4.66. The number of rotatable bonds is 8. The van der Waals surface area contributed by atoms with Gasteiger partial charge in [0.2, 0.25) is 0 Å². The molecule has 0 heterocycles. The second-order valence-corrected chi connectivity index (χ2v) is 4.66. The molecule has 1 unspecified atom stereocenters. The molecule has 1 rings (SSSR count). The molecule has 0 saturated carbocycles. The van der Waals surface area contributed by atoms with E-state index in [1.807, 2.05) is 6.92 Å². The number of nitrogens with one attached hydrogen (secondary N) is 1. The third-order valence-corrected chi connectivity index (χ3v) is 3.00. The molecule has 0 aromatic heterocycles. The van der Waals surface area contributed by atoms with Crippen molar-refractivity contribution in [3.8, 4) is 5.75 Å². The topological polar surface area (TPSA) is 30.5 Å². The number of aryl methyl sites for hydroxylation is 1. The van der Waals surface area contributed by atoms with Crippen molar-refractivity contribution < 1.29 is 13.9 Å². The van der Waals surface area contributed by atoms with Crippen molar-refractivity contribution in [2.45, 2.75) is 33.2 Å². The first kappa shape index (κ1) is 15.9. The van der Waals surface area contributed by atoms with E-state index >= 15 is 0 Å². The van der Waals surface area contributed by atoms with Gasteiger partial charge in [0.05, 0.1) is 6.61 Å². The van der Waals surface area contributed by atoms with Gasteiger partial charge in [-0.05, 0) is 44.5 Å². The lowest BCUT2D eigenvalue weighted by molar-refractivity contribution is 0.145. The molecular weight excluding hydrogens is 245 g/mol. The summed E-state index contributed by atoms with van der Waals surface area (Å²) in [6.07, 6.45) is 1.04. The predicted octanol–water partition coefficient (Wildman–Crippen LogP) is 3.22. The first-order valence-electron chi connectivity index (χ1n) is 6.75. The van der Waals surface area contributed by atoms with E-state index in [9.17, 15) is 4.39 Å². The highest BCUT2D eigenvalue weighted by molar-refractivity contribution is 5.40. The van der Waals surface area contributed by atoms with Crippen LogP contribution in [-0.4, -0.2) is 26.9 Å². The lowest BCUT2D eigenvalue weighted by Gasteiger charge is -2.19. The summed E-state index contributed by atoms with van der Waals surface area (Å²) in [4.78, 5) is 0. The second kappa shape index (κ2) is 8.12. The fraction of sp³-hybridized carbons (Fsp3) is 0.600. The largest absolute Gasteiger partial charge is 0.491 e. The highest BCUT2D eigenvalue weighted by Gasteiger charge is 2.14.